The van der Waals surface area contributed by atoms with Crippen molar-refractivity contribution >= 4 is 5.70 Å². The Kier molecular flexibility index (Phi) is 5.63. The SMILES string of the molecule is C=C(N)c1cc2c(cc1ONNN)-c1c(c3c(c4c1Cc1cc(OC)c(OC)cc1-4)Cc1cc(ON)c(O)cc1-3)C2. The van der Waals surface area contributed by atoms with Crippen LogP contribution in [0.2, 0.25) is 0 Å². The number of aromatic hydroxyl groups is 1. The lowest BCUT2D eigenvalue weighted by atomic mass is 9.86. The van der Waals surface area contributed by atoms with Crippen molar-refractivity contribution in [3.63, 3.8) is 0 Å². The number of hydrogen-bond acceptors (Lipinski definition) is 10. The number of phenolic OH excluding ortho intramolecular Hbond substituents is 1. The maximum atomic E-state index is 10.7. The van der Waals surface area contributed by atoms with E-state index >= 15 is 0 Å². The van der Waals surface area contributed by atoms with Gasteiger partial charge in [0.2, 0.25) is 0 Å². The number of benzene rings is 4. The summed E-state index contributed by atoms with van der Waals surface area (Å²) in [5.41, 5.74) is 25.5. The van der Waals surface area contributed by atoms with Crippen LogP contribution in [0.15, 0.2) is 43.0 Å². The van der Waals surface area contributed by atoms with Gasteiger partial charge in [0.1, 0.15) is 0 Å². The minimum absolute atomic E-state index is 0.00609. The first-order valence-electron chi connectivity index (χ1n) is 13.1. The van der Waals surface area contributed by atoms with E-state index in [1.54, 1.807) is 20.3 Å². The molecule has 41 heavy (non-hydrogen) atoms. The van der Waals surface area contributed by atoms with Crippen LogP contribution in [0.1, 0.15) is 38.9 Å². The second-order valence-corrected chi connectivity index (χ2v) is 10.4. The normalized spacial score (nSPS) is 13.1. The maximum absolute atomic E-state index is 10.7. The molecule has 9 N–H and O–H groups in total. The van der Waals surface area contributed by atoms with E-state index in [1.165, 1.54) is 22.3 Å². The number of fused-ring (bicyclic) bond motifs is 12. The Hall–Kier alpha value is -4.74. The van der Waals surface area contributed by atoms with Gasteiger partial charge in [-0.1, -0.05) is 12.2 Å². The highest BCUT2D eigenvalue weighted by Crippen LogP contribution is 2.58. The molecular formula is C31H29N5O5. The molecule has 0 radical (unpaired) electrons. The number of nitrogens with two attached hydrogens (primary N) is 3. The molecule has 3 aliphatic rings. The number of hydrazine groups is 2. The Morgan fingerprint density at radius 2 is 1.24 bits per heavy atom. The van der Waals surface area contributed by atoms with Crippen LogP contribution in [0, 0.1) is 0 Å². The van der Waals surface area contributed by atoms with Crippen LogP contribution < -0.4 is 47.7 Å². The highest BCUT2D eigenvalue weighted by Gasteiger charge is 2.38. The van der Waals surface area contributed by atoms with Crippen molar-refractivity contribution in [3.05, 3.63) is 81.9 Å². The minimum Gasteiger partial charge on any atom is -0.504 e. The second kappa shape index (κ2) is 9.15. The van der Waals surface area contributed by atoms with E-state index in [4.69, 9.17) is 36.6 Å². The Morgan fingerprint density at radius 3 is 1.76 bits per heavy atom. The van der Waals surface area contributed by atoms with Gasteiger partial charge in [-0.25, -0.2) is 0 Å². The Morgan fingerprint density at radius 1 is 0.756 bits per heavy atom. The minimum atomic E-state index is -0.00609. The number of methoxy groups -OCH3 is 2. The molecule has 0 atom stereocenters. The summed E-state index contributed by atoms with van der Waals surface area (Å²) in [5.74, 6) is 13.0. The quantitative estimate of drug-likeness (QED) is 0.128. The molecule has 0 spiro atoms. The van der Waals surface area contributed by atoms with Gasteiger partial charge in [0.25, 0.3) is 0 Å². The van der Waals surface area contributed by atoms with Crippen molar-refractivity contribution in [1.82, 2.24) is 11.1 Å². The molecule has 10 nitrogen and oxygen atoms in total. The first-order valence-corrected chi connectivity index (χ1v) is 13.1. The van der Waals surface area contributed by atoms with Gasteiger partial charge in [0.15, 0.2) is 28.7 Å². The summed E-state index contributed by atoms with van der Waals surface area (Å²) < 4.78 is 11.3. The maximum Gasteiger partial charge on any atom is 0.188 e. The van der Waals surface area contributed by atoms with Crippen LogP contribution in [0.25, 0.3) is 39.1 Å². The highest BCUT2D eigenvalue weighted by molar-refractivity contribution is 6.01. The average molecular weight is 552 g/mol. The molecule has 0 fully saturated rings. The molecule has 0 saturated heterocycles. The fourth-order valence-corrected chi connectivity index (χ4v) is 6.81. The molecule has 0 aromatic heterocycles. The Balaban J connectivity index is 1.54. The average Bonchev–Trinajstić information content (AvgIpc) is 3.64. The summed E-state index contributed by atoms with van der Waals surface area (Å²) in [5, 5.41) is 10.7. The van der Waals surface area contributed by atoms with E-state index < -0.39 is 0 Å². The van der Waals surface area contributed by atoms with Gasteiger partial charge in [0.05, 0.1) is 14.2 Å². The number of hydrogen-bond donors (Lipinski definition) is 6. The van der Waals surface area contributed by atoms with Crippen molar-refractivity contribution in [2.24, 2.45) is 17.5 Å². The smallest absolute Gasteiger partial charge is 0.188 e. The standard InChI is InChI=1S/C31H29N5O5/c1-13(32)17-4-14-5-21-29-18-10-24(37)26(40-34)8-15(18)6-22(29)31-20-12-28(39-3)27(38-2)9-16(20)7-23(31)30(21)19(14)11-25(17)41-36-35-33/h4,8-12,35-37H,1,5-7,32-34H2,2-3H3. The van der Waals surface area contributed by atoms with E-state index in [9.17, 15) is 5.11 Å². The molecule has 3 aliphatic carbocycles. The molecule has 7 rings (SSSR count). The molecule has 4 aromatic carbocycles. The molecular weight excluding hydrogens is 522 g/mol. The van der Waals surface area contributed by atoms with Gasteiger partial charge in [0, 0.05) is 11.3 Å². The van der Waals surface area contributed by atoms with Gasteiger partial charge in [-0.3, -0.25) is 5.84 Å². The lowest BCUT2D eigenvalue weighted by molar-refractivity contribution is 0.150. The van der Waals surface area contributed by atoms with E-state index in [0.717, 1.165) is 50.9 Å². The molecule has 0 unspecified atom stereocenters. The Bertz CT molecular complexity index is 1820. The Labute approximate surface area is 236 Å². The van der Waals surface area contributed by atoms with E-state index in [-0.39, 0.29) is 11.5 Å². The van der Waals surface area contributed by atoms with Gasteiger partial charge >= 0.3 is 0 Å². The topological polar surface area (TPSA) is 159 Å². The summed E-state index contributed by atoms with van der Waals surface area (Å²) >= 11 is 0. The van der Waals surface area contributed by atoms with Gasteiger partial charge < -0.3 is 30.0 Å². The monoisotopic (exact) mass is 551 g/mol. The van der Waals surface area contributed by atoms with Gasteiger partial charge in [-0.15, -0.1) is 0 Å². The second-order valence-electron chi connectivity index (χ2n) is 10.4. The first kappa shape index (κ1) is 25.2. The summed E-state index contributed by atoms with van der Waals surface area (Å²) in [7, 11) is 3.29. The zero-order valence-electron chi connectivity index (χ0n) is 22.6. The molecule has 4 aromatic rings. The molecule has 0 aliphatic heterocycles. The molecule has 0 saturated carbocycles. The predicted molar refractivity (Wildman–Crippen MR) is 155 cm³/mol. The zero-order valence-corrected chi connectivity index (χ0v) is 22.6. The molecule has 10 heteroatoms. The fourth-order valence-electron chi connectivity index (χ4n) is 6.81. The third-order valence-corrected chi connectivity index (χ3v) is 8.41. The van der Waals surface area contributed by atoms with Crippen LogP contribution >= 0.6 is 0 Å². The van der Waals surface area contributed by atoms with Crippen LogP contribution in [0.4, 0.5) is 0 Å². The van der Waals surface area contributed by atoms with Crippen LogP contribution in [-0.4, -0.2) is 19.3 Å². The summed E-state index contributed by atoms with van der Waals surface area (Å²) in [4.78, 5) is 10.7. The zero-order chi connectivity index (χ0) is 28.6. The third-order valence-electron chi connectivity index (χ3n) is 8.41. The van der Waals surface area contributed by atoms with Crippen molar-refractivity contribution in [2.45, 2.75) is 19.3 Å². The van der Waals surface area contributed by atoms with E-state index in [1.807, 2.05) is 18.2 Å². The highest BCUT2D eigenvalue weighted by atomic mass is 16.7. The lowest BCUT2D eigenvalue weighted by Gasteiger charge is -2.18. The van der Waals surface area contributed by atoms with Crippen LogP contribution in [0.3, 0.4) is 0 Å². The summed E-state index contributed by atoms with van der Waals surface area (Å²) in [6.45, 7) is 3.94. The summed E-state index contributed by atoms with van der Waals surface area (Å²) in [6, 6.07) is 11.7. The van der Waals surface area contributed by atoms with Gasteiger partial charge in [-0.05, 0) is 122 Å². The number of phenols is 1. The largest absolute Gasteiger partial charge is 0.504 e. The van der Waals surface area contributed by atoms with Gasteiger partial charge in [-0.2, -0.15) is 11.4 Å². The predicted octanol–water partition coefficient (Wildman–Crippen LogP) is 3.57. The number of nitrogens with one attached hydrogen (secondary N) is 2. The number of rotatable bonds is 7. The van der Waals surface area contributed by atoms with Crippen molar-refractivity contribution < 1.29 is 24.3 Å². The molecule has 0 amide bonds. The molecule has 208 valence electrons. The first-order chi connectivity index (χ1) is 19.9. The fraction of sp³-hybridized carbons (Fsp3) is 0.161. The lowest BCUT2D eigenvalue weighted by Crippen LogP contribution is -2.40. The van der Waals surface area contributed by atoms with Crippen molar-refractivity contribution in [1.29, 1.82) is 0 Å². The van der Waals surface area contributed by atoms with E-state index in [0.29, 0.717) is 41.4 Å². The molecule has 0 heterocycles. The van der Waals surface area contributed by atoms with Crippen molar-refractivity contribution in [3.8, 4) is 62.1 Å². The third kappa shape index (κ3) is 3.52. The number of ether oxygens (including phenoxy) is 2. The van der Waals surface area contributed by atoms with E-state index in [2.05, 4.69) is 29.8 Å². The van der Waals surface area contributed by atoms with Crippen LogP contribution in [0.5, 0.6) is 28.7 Å². The van der Waals surface area contributed by atoms with Crippen molar-refractivity contribution in [2.75, 3.05) is 14.2 Å². The summed E-state index contributed by atoms with van der Waals surface area (Å²) in [6.07, 6.45) is 2.08. The molecule has 0 bridgehead atoms. The van der Waals surface area contributed by atoms with Crippen LogP contribution in [-0.2, 0) is 19.3 Å².